The number of nitrogens with one attached hydrogen (secondary N) is 4. The van der Waals surface area contributed by atoms with Gasteiger partial charge >= 0.3 is 12.1 Å². The number of carbonyl (C=O) groups is 6. The lowest BCUT2D eigenvalue weighted by atomic mass is 10.1. The molecule has 2 aromatic carbocycles. The third-order valence-corrected chi connectivity index (χ3v) is 6.03. The average molecular weight is 616 g/mol. The Labute approximate surface area is 253 Å². The van der Waals surface area contributed by atoms with Crippen molar-refractivity contribution >= 4 is 35.7 Å². The molecule has 15 heteroatoms. The summed E-state index contributed by atoms with van der Waals surface area (Å²) in [4.78, 5) is 73.7. The first kappa shape index (κ1) is 35.0. The van der Waals surface area contributed by atoms with Crippen molar-refractivity contribution in [1.82, 2.24) is 21.3 Å². The first-order valence-corrected chi connectivity index (χ1v) is 13.6. The van der Waals surface area contributed by atoms with E-state index in [1.54, 1.807) is 54.6 Å². The zero-order valence-corrected chi connectivity index (χ0v) is 24.4. The van der Waals surface area contributed by atoms with Gasteiger partial charge in [-0.05, 0) is 36.6 Å². The molecule has 0 spiro atoms. The zero-order valence-electron chi connectivity index (χ0n) is 24.4. The van der Waals surface area contributed by atoms with Gasteiger partial charge < -0.3 is 46.3 Å². The highest BCUT2D eigenvalue weighted by atomic mass is 16.5. The molecule has 0 saturated heterocycles. The first-order valence-electron chi connectivity index (χ1n) is 13.6. The molecule has 44 heavy (non-hydrogen) atoms. The fourth-order valence-electron chi connectivity index (χ4n) is 3.54. The maximum Gasteiger partial charge on any atom is 0.408 e. The summed E-state index contributed by atoms with van der Waals surface area (Å²) in [5.41, 5.74) is 6.60. The number of amides is 5. The molecule has 0 saturated carbocycles. The van der Waals surface area contributed by atoms with E-state index in [-0.39, 0.29) is 26.1 Å². The number of nitrogens with two attached hydrogens (primary N) is 1. The van der Waals surface area contributed by atoms with Gasteiger partial charge in [0.15, 0.2) is 0 Å². The van der Waals surface area contributed by atoms with Gasteiger partial charge in [-0.25, -0.2) is 4.79 Å². The van der Waals surface area contributed by atoms with Crippen LogP contribution in [0.5, 0.6) is 5.75 Å². The largest absolute Gasteiger partial charge is 0.497 e. The molecular weight excluding hydrogens is 578 g/mol. The molecule has 0 aliphatic heterocycles. The van der Waals surface area contributed by atoms with Crippen molar-refractivity contribution in [2.45, 2.75) is 51.1 Å². The Kier molecular flexibility index (Phi) is 14.6. The highest BCUT2D eigenvalue weighted by Crippen LogP contribution is 2.12. The monoisotopic (exact) mass is 615 g/mol. The van der Waals surface area contributed by atoms with E-state index in [2.05, 4.69) is 21.3 Å². The van der Waals surface area contributed by atoms with E-state index in [1.165, 1.54) is 14.0 Å². The molecule has 5 amide bonds. The smallest absolute Gasteiger partial charge is 0.408 e. The van der Waals surface area contributed by atoms with Crippen LogP contribution in [0.1, 0.15) is 30.9 Å². The predicted octanol–water partition coefficient (Wildman–Crippen LogP) is -0.603. The Morgan fingerprint density at radius 2 is 1.41 bits per heavy atom. The second kappa shape index (κ2) is 18.4. The van der Waals surface area contributed by atoms with Crippen LogP contribution in [0.4, 0.5) is 4.79 Å². The molecule has 15 nitrogen and oxygen atoms in total. The number of alkyl carbamates (subject to hydrolysis) is 1. The van der Waals surface area contributed by atoms with Crippen LogP contribution in [-0.2, 0) is 46.7 Å². The number of ether oxygens (including phenoxy) is 3. The van der Waals surface area contributed by atoms with E-state index < -0.39 is 67.0 Å². The molecule has 0 aliphatic rings. The topological polar surface area (TPSA) is 224 Å². The molecule has 0 aromatic heterocycles. The van der Waals surface area contributed by atoms with Gasteiger partial charge in [0.1, 0.15) is 43.6 Å². The Bertz CT molecular complexity index is 1270. The normalized spacial score (nSPS) is 12.4. The summed E-state index contributed by atoms with van der Waals surface area (Å²) in [5, 5.41) is 18.9. The van der Waals surface area contributed by atoms with Gasteiger partial charge in [0.05, 0.1) is 13.7 Å². The summed E-state index contributed by atoms with van der Waals surface area (Å²) in [7, 11) is 1.52. The van der Waals surface area contributed by atoms with E-state index in [0.29, 0.717) is 11.3 Å². The number of aliphatic hydroxyl groups excluding tert-OH is 1. The number of rotatable bonds is 17. The van der Waals surface area contributed by atoms with Crippen LogP contribution < -0.4 is 31.7 Å². The fourth-order valence-corrected chi connectivity index (χ4v) is 3.54. The van der Waals surface area contributed by atoms with Gasteiger partial charge in [-0.2, -0.15) is 0 Å². The lowest BCUT2D eigenvalue weighted by Gasteiger charge is -2.23. The van der Waals surface area contributed by atoms with Crippen LogP contribution in [0.2, 0.25) is 0 Å². The van der Waals surface area contributed by atoms with E-state index >= 15 is 0 Å². The number of hydrogen-bond acceptors (Lipinski definition) is 10. The van der Waals surface area contributed by atoms with Gasteiger partial charge in [0.25, 0.3) is 0 Å². The number of benzene rings is 2. The van der Waals surface area contributed by atoms with Gasteiger partial charge in [0, 0.05) is 6.42 Å². The van der Waals surface area contributed by atoms with E-state index in [1.807, 2.05) is 0 Å². The summed E-state index contributed by atoms with van der Waals surface area (Å²) in [5.74, 6) is -3.50. The third-order valence-electron chi connectivity index (χ3n) is 6.03. The van der Waals surface area contributed by atoms with Crippen LogP contribution in [0, 0.1) is 0 Å². The minimum atomic E-state index is -1.50. The van der Waals surface area contributed by atoms with Crippen molar-refractivity contribution in [3.05, 3.63) is 65.7 Å². The Morgan fingerprint density at radius 3 is 2.02 bits per heavy atom. The number of primary amides is 1. The molecule has 2 aromatic rings. The first-order chi connectivity index (χ1) is 21.0. The maximum absolute atomic E-state index is 12.9. The lowest BCUT2D eigenvalue weighted by Crippen LogP contribution is -2.57. The standard InChI is InChI=1S/C29H37N5O10/c1-18(32-29(41)44-17-20-8-10-21(42-2)11-9-20)26(38)33-22(12-13-24(30)36)28(40)34-23(15-35)27(39)31-14-25(37)43-16-19-6-4-3-5-7-19/h3-11,18,22-23,35H,12-17H2,1-2H3,(H2,30,36)(H,31,39)(H,32,41)(H,33,38)(H,34,40). The quantitative estimate of drug-likeness (QED) is 0.124. The van der Waals surface area contributed by atoms with Crippen LogP contribution in [-0.4, -0.2) is 79.2 Å². The van der Waals surface area contributed by atoms with E-state index in [0.717, 1.165) is 5.56 Å². The summed E-state index contributed by atoms with van der Waals surface area (Å²) in [6, 6.07) is 11.6. The van der Waals surface area contributed by atoms with E-state index in [4.69, 9.17) is 19.9 Å². The molecule has 0 bridgehead atoms. The Hall–Kier alpha value is -5.18. The number of methoxy groups -OCH3 is 1. The summed E-state index contributed by atoms with van der Waals surface area (Å²) >= 11 is 0. The molecule has 0 fully saturated rings. The maximum atomic E-state index is 12.9. The van der Waals surface area contributed by atoms with Gasteiger partial charge in [-0.3, -0.25) is 24.0 Å². The van der Waals surface area contributed by atoms with E-state index in [9.17, 15) is 33.9 Å². The number of aliphatic hydroxyl groups is 1. The highest BCUT2D eigenvalue weighted by Gasteiger charge is 2.29. The van der Waals surface area contributed by atoms with Crippen molar-refractivity contribution < 1.29 is 48.1 Å². The molecule has 3 unspecified atom stereocenters. The van der Waals surface area contributed by atoms with Crippen molar-refractivity contribution in [3.8, 4) is 5.75 Å². The van der Waals surface area contributed by atoms with Crippen molar-refractivity contribution in [3.63, 3.8) is 0 Å². The Morgan fingerprint density at radius 1 is 0.795 bits per heavy atom. The minimum Gasteiger partial charge on any atom is -0.497 e. The molecule has 238 valence electrons. The lowest BCUT2D eigenvalue weighted by molar-refractivity contribution is -0.145. The van der Waals surface area contributed by atoms with Gasteiger partial charge in [-0.15, -0.1) is 0 Å². The Balaban J connectivity index is 1.88. The van der Waals surface area contributed by atoms with Crippen LogP contribution in [0.25, 0.3) is 0 Å². The van der Waals surface area contributed by atoms with Crippen molar-refractivity contribution in [1.29, 1.82) is 0 Å². The van der Waals surface area contributed by atoms with Gasteiger partial charge in [-0.1, -0.05) is 42.5 Å². The second-order valence-corrected chi connectivity index (χ2v) is 9.46. The molecule has 0 radical (unpaired) electrons. The fraction of sp³-hybridized carbons (Fsp3) is 0.379. The summed E-state index contributed by atoms with van der Waals surface area (Å²) < 4.78 is 15.2. The molecule has 3 atom stereocenters. The van der Waals surface area contributed by atoms with Crippen LogP contribution in [0.15, 0.2) is 54.6 Å². The average Bonchev–Trinajstić information content (AvgIpc) is 3.02. The highest BCUT2D eigenvalue weighted by molar-refractivity contribution is 5.94. The molecular formula is C29H37N5O10. The molecule has 2 rings (SSSR count). The number of carbonyl (C=O) groups excluding carboxylic acids is 6. The second-order valence-electron chi connectivity index (χ2n) is 9.46. The summed E-state index contributed by atoms with van der Waals surface area (Å²) in [6.45, 7) is -0.121. The van der Waals surface area contributed by atoms with Crippen LogP contribution in [0.3, 0.4) is 0 Å². The molecule has 0 heterocycles. The minimum absolute atomic E-state index is 0.00930. The van der Waals surface area contributed by atoms with Crippen LogP contribution >= 0.6 is 0 Å². The SMILES string of the molecule is COc1ccc(COC(=O)NC(C)C(=O)NC(CCC(N)=O)C(=O)NC(CO)C(=O)NCC(=O)OCc2ccccc2)cc1. The third kappa shape index (κ3) is 12.8. The zero-order chi connectivity index (χ0) is 32.5. The number of hydrogen-bond donors (Lipinski definition) is 6. The van der Waals surface area contributed by atoms with Gasteiger partial charge in [0.2, 0.25) is 23.6 Å². The predicted molar refractivity (Wildman–Crippen MR) is 154 cm³/mol. The van der Waals surface area contributed by atoms with Crippen molar-refractivity contribution in [2.24, 2.45) is 5.73 Å². The summed E-state index contributed by atoms with van der Waals surface area (Å²) in [6.07, 6.45) is -1.44. The van der Waals surface area contributed by atoms with Crippen molar-refractivity contribution in [2.75, 3.05) is 20.3 Å². The molecule has 7 N–H and O–H groups in total. The number of esters is 1. The molecule has 0 aliphatic carbocycles.